The van der Waals surface area contributed by atoms with Crippen molar-refractivity contribution in [2.45, 2.75) is 13.8 Å². The van der Waals surface area contributed by atoms with Crippen molar-refractivity contribution in [3.8, 4) is 27.9 Å². The Labute approximate surface area is 254 Å². The van der Waals surface area contributed by atoms with Gasteiger partial charge in [-0.25, -0.2) is 4.68 Å². The minimum Gasteiger partial charge on any atom is -0.456 e. The van der Waals surface area contributed by atoms with Gasteiger partial charge < -0.3 is 4.42 Å². The quantitative estimate of drug-likeness (QED) is 0.200. The maximum Gasteiger partial charge on any atom is 0.136 e. The molecule has 208 valence electrons. The number of aryl methyl sites for hydroxylation is 1. The molecular weight excluding hydrogens is 536 g/mol. The van der Waals surface area contributed by atoms with Crippen LogP contribution in [-0.2, 0) is 0 Å². The summed E-state index contributed by atoms with van der Waals surface area (Å²) in [7, 11) is 0. The molecule has 9 aromatic rings. The summed E-state index contributed by atoms with van der Waals surface area (Å²) in [5, 5.41) is 14.7. The molecule has 0 bridgehead atoms. The highest BCUT2D eigenvalue weighted by atomic mass is 16.3. The first-order valence-electron chi connectivity index (χ1n) is 15.1. The van der Waals surface area contributed by atoms with Crippen LogP contribution in [0.2, 0.25) is 0 Å². The van der Waals surface area contributed by atoms with Crippen molar-refractivity contribution in [2.75, 3.05) is 0 Å². The zero-order valence-electron chi connectivity index (χ0n) is 24.5. The van der Waals surface area contributed by atoms with Gasteiger partial charge in [0.25, 0.3) is 0 Å². The largest absolute Gasteiger partial charge is 0.456 e. The summed E-state index contributed by atoms with van der Waals surface area (Å²) in [5.74, 6) is 0. The Morgan fingerprint density at radius 1 is 0.500 bits per heavy atom. The molecule has 2 heterocycles. The van der Waals surface area contributed by atoms with Crippen LogP contribution in [0.25, 0.3) is 82.2 Å². The van der Waals surface area contributed by atoms with Crippen molar-refractivity contribution in [1.82, 2.24) is 9.78 Å². The fourth-order valence-electron chi connectivity index (χ4n) is 7.24. The average molecular weight is 565 g/mol. The summed E-state index contributed by atoms with van der Waals surface area (Å²) >= 11 is 0. The molecule has 7 aromatic carbocycles. The number of benzene rings is 7. The van der Waals surface area contributed by atoms with E-state index in [2.05, 4.69) is 146 Å². The van der Waals surface area contributed by atoms with Crippen molar-refractivity contribution in [3.63, 3.8) is 0 Å². The maximum atomic E-state index is 6.36. The van der Waals surface area contributed by atoms with Crippen molar-refractivity contribution in [1.29, 1.82) is 0 Å². The zero-order valence-corrected chi connectivity index (χ0v) is 24.5. The summed E-state index contributed by atoms with van der Waals surface area (Å²) in [6.07, 6.45) is 0. The van der Waals surface area contributed by atoms with Crippen LogP contribution in [0.4, 0.5) is 0 Å². The third kappa shape index (κ3) is 3.53. The monoisotopic (exact) mass is 564 g/mol. The van der Waals surface area contributed by atoms with Gasteiger partial charge in [-0.2, -0.15) is 5.10 Å². The van der Waals surface area contributed by atoms with Crippen molar-refractivity contribution in [3.05, 3.63) is 145 Å². The van der Waals surface area contributed by atoms with E-state index in [1.54, 1.807) is 0 Å². The van der Waals surface area contributed by atoms with Crippen LogP contribution in [0.3, 0.4) is 0 Å². The van der Waals surface area contributed by atoms with Gasteiger partial charge in [0.15, 0.2) is 0 Å². The molecule has 0 fully saturated rings. The van der Waals surface area contributed by atoms with Gasteiger partial charge in [0, 0.05) is 27.6 Å². The maximum absolute atomic E-state index is 6.36. The number of para-hydroxylation sites is 1. The molecule has 9 rings (SSSR count). The highest BCUT2D eigenvalue weighted by Crippen LogP contribution is 2.46. The van der Waals surface area contributed by atoms with Gasteiger partial charge in [-0.15, -0.1) is 0 Å². The van der Waals surface area contributed by atoms with Crippen LogP contribution in [0.1, 0.15) is 11.4 Å². The number of hydrogen-bond acceptors (Lipinski definition) is 2. The van der Waals surface area contributed by atoms with E-state index in [4.69, 9.17) is 9.52 Å². The first-order valence-corrected chi connectivity index (χ1v) is 15.1. The second-order valence-electron chi connectivity index (χ2n) is 11.6. The first kappa shape index (κ1) is 24.9. The number of hydrogen-bond donors (Lipinski definition) is 0. The zero-order chi connectivity index (χ0) is 29.4. The van der Waals surface area contributed by atoms with Crippen LogP contribution >= 0.6 is 0 Å². The highest BCUT2D eigenvalue weighted by molar-refractivity contribution is 6.24. The number of aromatic nitrogens is 2. The summed E-state index contributed by atoms with van der Waals surface area (Å²) in [6.45, 7) is 4.31. The number of fused-ring (bicyclic) bond motifs is 7. The summed E-state index contributed by atoms with van der Waals surface area (Å²) < 4.78 is 8.43. The smallest absolute Gasteiger partial charge is 0.136 e. The van der Waals surface area contributed by atoms with Crippen LogP contribution in [0, 0.1) is 13.8 Å². The lowest BCUT2D eigenvalue weighted by Gasteiger charge is -2.18. The Hall–Kier alpha value is -5.67. The Morgan fingerprint density at radius 2 is 1.09 bits per heavy atom. The third-order valence-electron chi connectivity index (χ3n) is 9.12. The first-order chi connectivity index (χ1) is 21.7. The Balaban J connectivity index is 1.37. The SMILES string of the molecule is Cc1nn(-c2ccccc2)c(C)c1-c1c2ccccc2c(-c2ccc3oc4ccc5ccccc5c4c3c2)c2ccccc12. The Bertz CT molecular complexity index is 2510. The van der Waals surface area contributed by atoms with Gasteiger partial charge in [0.2, 0.25) is 0 Å². The molecule has 44 heavy (non-hydrogen) atoms. The van der Waals surface area contributed by atoms with E-state index in [1.807, 2.05) is 6.07 Å². The predicted octanol–water partition coefficient (Wildman–Crippen LogP) is 11.2. The van der Waals surface area contributed by atoms with Crippen molar-refractivity contribution >= 4 is 54.3 Å². The lowest BCUT2D eigenvalue weighted by atomic mass is 9.85. The van der Waals surface area contributed by atoms with E-state index < -0.39 is 0 Å². The fourth-order valence-corrected chi connectivity index (χ4v) is 7.24. The summed E-state index contributed by atoms with van der Waals surface area (Å²) in [5.41, 5.74) is 9.89. The molecular formula is C41H28N2O. The molecule has 0 aliphatic rings. The molecule has 0 spiro atoms. The molecule has 0 saturated heterocycles. The second kappa shape index (κ2) is 9.42. The van der Waals surface area contributed by atoms with E-state index in [1.165, 1.54) is 60.0 Å². The number of rotatable bonds is 3. The lowest BCUT2D eigenvalue weighted by Crippen LogP contribution is -1.98. The molecule has 0 unspecified atom stereocenters. The molecule has 0 saturated carbocycles. The van der Waals surface area contributed by atoms with E-state index >= 15 is 0 Å². The molecule has 3 heteroatoms. The minimum atomic E-state index is 0.907. The molecule has 0 aliphatic carbocycles. The number of furan rings is 1. The number of nitrogens with zero attached hydrogens (tertiary/aromatic N) is 2. The fraction of sp³-hybridized carbons (Fsp3) is 0.0488. The second-order valence-corrected chi connectivity index (χ2v) is 11.6. The molecule has 0 aliphatic heterocycles. The average Bonchev–Trinajstić information content (AvgIpc) is 3.60. The van der Waals surface area contributed by atoms with E-state index in [0.717, 1.165) is 33.6 Å². The van der Waals surface area contributed by atoms with Gasteiger partial charge in [0.05, 0.1) is 11.4 Å². The van der Waals surface area contributed by atoms with E-state index in [-0.39, 0.29) is 0 Å². The van der Waals surface area contributed by atoms with Gasteiger partial charge >= 0.3 is 0 Å². The van der Waals surface area contributed by atoms with Crippen LogP contribution in [0.5, 0.6) is 0 Å². The lowest BCUT2D eigenvalue weighted by molar-refractivity contribution is 0.669. The molecule has 2 aromatic heterocycles. The molecule has 0 N–H and O–H groups in total. The van der Waals surface area contributed by atoms with E-state index in [9.17, 15) is 0 Å². The summed E-state index contributed by atoms with van der Waals surface area (Å²) in [6, 6.07) is 47.5. The predicted molar refractivity (Wildman–Crippen MR) is 184 cm³/mol. The third-order valence-corrected chi connectivity index (χ3v) is 9.12. The van der Waals surface area contributed by atoms with Crippen LogP contribution in [0.15, 0.2) is 138 Å². The van der Waals surface area contributed by atoms with Crippen LogP contribution < -0.4 is 0 Å². The Kier molecular flexibility index (Phi) is 5.33. The normalized spacial score (nSPS) is 11.9. The topological polar surface area (TPSA) is 31.0 Å². The van der Waals surface area contributed by atoms with E-state index in [0.29, 0.717) is 0 Å². The van der Waals surface area contributed by atoms with Gasteiger partial charge in [-0.3, -0.25) is 0 Å². The molecule has 0 amide bonds. The molecule has 0 radical (unpaired) electrons. The minimum absolute atomic E-state index is 0.907. The molecule has 0 atom stereocenters. The van der Waals surface area contributed by atoms with Crippen molar-refractivity contribution in [2.24, 2.45) is 0 Å². The standard InChI is InChI=1S/C41H28N2O/c1-25-38(26(2)43(42-25)29-13-4-3-5-14-29)41-33-18-10-8-16-31(33)39(32-17-9-11-19-34(32)41)28-21-22-36-35(24-28)40-30-15-7-6-12-27(30)20-23-37(40)44-36/h3-24H,1-2H3. The highest BCUT2D eigenvalue weighted by Gasteiger charge is 2.22. The van der Waals surface area contributed by atoms with Gasteiger partial charge in [-0.1, -0.05) is 103 Å². The summed E-state index contributed by atoms with van der Waals surface area (Å²) in [4.78, 5) is 0. The Morgan fingerprint density at radius 3 is 1.80 bits per heavy atom. The van der Waals surface area contributed by atoms with Gasteiger partial charge in [0.1, 0.15) is 11.2 Å². The van der Waals surface area contributed by atoms with Gasteiger partial charge in [-0.05, 0) is 87.6 Å². The van der Waals surface area contributed by atoms with Crippen molar-refractivity contribution < 1.29 is 4.42 Å². The van der Waals surface area contributed by atoms with Crippen LogP contribution in [-0.4, -0.2) is 9.78 Å². The molecule has 3 nitrogen and oxygen atoms in total.